The maximum Gasteiger partial charge on any atom is 0.310 e. The first-order valence-corrected chi connectivity index (χ1v) is 18.0. The summed E-state index contributed by atoms with van der Waals surface area (Å²) in [6.45, 7) is 8.23. The Labute approximate surface area is 309 Å². The van der Waals surface area contributed by atoms with Crippen LogP contribution in [0.15, 0.2) is 103 Å². The number of ether oxygens (including phenoxy) is 1. The summed E-state index contributed by atoms with van der Waals surface area (Å²) in [5, 5.41) is 9.34. The second-order valence-electron chi connectivity index (χ2n) is 14.7. The summed E-state index contributed by atoms with van der Waals surface area (Å²) in [5.41, 5.74) is 5.66. The number of halogens is 1. The Morgan fingerprint density at radius 3 is 2.02 bits per heavy atom. The molecule has 272 valence electrons. The largest absolute Gasteiger partial charge is 0.488 e. The minimum atomic E-state index is -0.933. The van der Waals surface area contributed by atoms with Gasteiger partial charge in [-0.3, -0.25) is 14.4 Å². The molecule has 0 aliphatic carbocycles. The molecule has 2 heterocycles. The molecule has 4 aromatic carbocycles. The molecule has 1 aromatic heterocycles. The van der Waals surface area contributed by atoms with Crippen LogP contribution in [0.5, 0.6) is 5.75 Å². The number of rotatable bonds is 13. The Kier molecular flexibility index (Phi) is 11.1. The van der Waals surface area contributed by atoms with Crippen molar-refractivity contribution in [2.75, 3.05) is 13.1 Å². The molecular weight excluding hydrogens is 669 g/mol. The highest BCUT2D eigenvalue weighted by atomic mass is 19.1. The zero-order chi connectivity index (χ0) is 37.7. The molecule has 0 bridgehead atoms. The van der Waals surface area contributed by atoms with Gasteiger partial charge in [-0.2, -0.15) is 0 Å². The quantitative estimate of drug-likeness (QED) is 0.122. The van der Waals surface area contributed by atoms with Crippen LogP contribution in [-0.2, 0) is 22.4 Å². The highest BCUT2D eigenvalue weighted by Crippen LogP contribution is 2.30. The fourth-order valence-corrected chi connectivity index (χ4v) is 6.50. The standard InChI is InChI=1S/C44H44FN3O5/c1-5-6-28-7-11-30(12-8-28)33-17-20-38(39(45)22-33)35-24-46-41(47-25-35)32-13-9-29(10-14-32)21-34(42(50)48-26-36(27-48)43(51)52)23-40(49)31-15-18-37(19-16-31)53-44(2,3)4/h7-20,22,24-25,34,36H,5-6,21,23,26-27H2,1-4H3,(H,51,52)/t34-/m1/s1. The number of hydrogen-bond acceptors (Lipinski definition) is 6. The van der Waals surface area contributed by atoms with E-state index in [0.29, 0.717) is 34.7 Å². The van der Waals surface area contributed by atoms with E-state index in [2.05, 4.69) is 29.0 Å². The number of aromatic nitrogens is 2. The molecule has 9 heteroatoms. The van der Waals surface area contributed by atoms with E-state index >= 15 is 4.39 Å². The molecule has 0 unspecified atom stereocenters. The van der Waals surface area contributed by atoms with Crippen LogP contribution in [-0.4, -0.2) is 56.3 Å². The van der Waals surface area contributed by atoms with E-state index in [1.54, 1.807) is 42.7 Å². The van der Waals surface area contributed by atoms with Crippen LogP contribution in [0.4, 0.5) is 4.39 Å². The molecule has 1 atom stereocenters. The van der Waals surface area contributed by atoms with Crippen LogP contribution >= 0.6 is 0 Å². The van der Waals surface area contributed by atoms with Crippen molar-refractivity contribution in [3.05, 3.63) is 126 Å². The summed E-state index contributed by atoms with van der Waals surface area (Å²) in [4.78, 5) is 48.9. The number of amides is 1. The van der Waals surface area contributed by atoms with Gasteiger partial charge in [-0.05, 0) is 86.2 Å². The highest BCUT2D eigenvalue weighted by Gasteiger charge is 2.39. The number of Topliss-reactive ketones (excluding diaryl/α,β-unsaturated/α-hetero) is 1. The van der Waals surface area contributed by atoms with E-state index in [1.807, 2.05) is 63.2 Å². The Morgan fingerprint density at radius 2 is 1.43 bits per heavy atom. The van der Waals surface area contributed by atoms with Gasteiger partial charge >= 0.3 is 5.97 Å². The number of carboxylic acids is 1. The number of aryl methyl sites for hydroxylation is 1. The normalized spacial score (nSPS) is 13.6. The minimum Gasteiger partial charge on any atom is -0.488 e. The summed E-state index contributed by atoms with van der Waals surface area (Å²) in [6, 6.07) is 27.7. The van der Waals surface area contributed by atoms with Gasteiger partial charge in [0, 0.05) is 60.1 Å². The molecule has 8 nitrogen and oxygen atoms in total. The van der Waals surface area contributed by atoms with Crippen LogP contribution in [0, 0.1) is 17.7 Å². The number of likely N-dealkylation sites (tertiary alicyclic amines) is 1. The molecule has 5 aromatic rings. The minimum absolute atomic E-state index is 0.0261. The summed E-state index contributed by atoms with van der Waals surface area (Å²) < 4.78 is 21.2. The van der Waals surface area contributed by atoms with Crippen molar-refractivity contribution in [1.82, 2.24) is 14.9 Å². The lowest BCUT2D eigenvalue weighted by atomic mass is 9.88. The van der Waals surface area contributed by atoms with Crippen molar-refractivity contribution in [3.8, 4) is 39.4 Å². The molecule has 1 aliphatic rings. The lowest BCUT2D eigenvalue weighted by Crippen LogP contribution is -2.55. The SMILES string of the molecule is CCCc1ccc(-c2ccc(-c3cnc(-c4ccc(C[C@H](CC(=O)c5ccc(OC(C)(C)C)cc5)C(=O)N5CC(C(=O)O)C5)cc4)nc3)c(F)c2)cc1. The fraction of sp³-hybridized carbons (Fsp3) is 0.295. The van der Waals surface area contributed by atoms with Gasteiger partial charge < -0.3 is 14.7 Å². The second kappa shape index (κ2) is 15.9. The molecule has 0 radical (unpaired) electrons. The number of ketones is 1. The van der Waals surface area contributed by atoms with Crippen molar-refractivity contribution in [1.29, 1.82) is 0 Å². The van der Waals surface area contributed by atoms with Crippen molar-refractivity contribution in [2.45, 2.75) is 59.0 Å². The number of carbonyl (C=O) groups excluding carboxylic acids is 2. The van der Waals surface area contributed by atoms with Crippen molar-refractivity contribution < 1.29 is 28.6 Å². The number of aliphatic carboxylic acids is 1. The maximum absolute atomic E-state index is 15.3. The molecule has 1 N–H and O–H groups in total. The number of nitrogens with zero attached hydrogens (tertiary/aromatic N) is 3. The zero-order valence-corrected chi connectivity index (χ0v) is 30.5. The van der Waals surface area contributed by atoms with E-state index in [1.165, 1.54) is 16.5 Å². The predicted octanol–water partition coefficient (Wildman–Crippen LogP) is 8.72. The van der Waals surface area contributed by atoms with E-state index in [4.69, 9.17) is 4.74 Å². The molecule has 0 spiro atoms. The zero-order valence-electron chi connectivity index (χ0n) is 30.5. The lowest BCUT2D eigenvalue weighted by Gasteiger charge is -2.38. The average molecular weight is 714 g/mol. The van der Waals surface area contributed by atoms with Crippen LogP contribution in [0.25, 0.3) is 33.6 Å². The van der Waals surface area contributed by atoms with E-state index in [0.717, 1.165) is 35.1 Å². The molecule has 1 fully saturated rings. The Hall–Kier alpha value is -5.70. The van der Waals surface area contributed by atoms with Crippen molar-refractivity contribution in [3.63, 3.8) is 0 Å². The monoisotopic (exact) mass is 713 g/mol. The van der Waals surface area contributed by atoms with E-state index < -0.39 is 17.8 Å². The van der Waals surface area contributed by atoms with E-state index in [9.17, 15) is 19.5 Å². The van der Waals surface area contributed by atoms with Gasteiger partial charge in [0.2, 0.25) is 5.91 Å². The van der Waals surface area contributed by atoms with Crippen LogP contribution in [0.1, 0.15) is 62.0 Å². The molecule has 53 heavy (non-hydrogen) atoms. The molecule has 1 aliphatic heterocycles. The van der Waals surface area contributed by atoms with Gasteiger partial charge in [-0.15, -0.1) is 0 Å². The average Bonchev–Trinajstić information content (AvgIpc) is 3.11. The smallest absolute Gasteiger partial charge is 0.310 e. The lowest BCUT2D eigenvalue weighted by molar-refractivity contribution is -0.154. The topological polar surface area (TPSA) is 110 Å². The Morgan fingerprint density at radius 1 is 0.830 bits per heavy atom. The van der Waals surface area contributed by atoms with Gasteiger partial charge in [0.05, 0.1) is 5.92 Å². The van der Waals surface area contributed by atoms with Gasteiger partial charge in [-0.25, -0.2) is 14.4 Å². The summed E-state index contributed by atoms with van der Waals surface area (Å²) in [6.07, 6.45) is 5.56. The molecular formula is C44H44FN3O5. The van der Waals surface area contributed by atoms with Crippen LogP contribution in [0.2, 0.25) is 0 Å². The van der Waals surface area contributed by atoms with Gasteiger partial charge in [0.25, 0.3) is 0 Å². The Bertz CT molecular complexity index is 2070. The second-order valence-corrected chi connectivity index (χ2v) is 14.7. The summed E-state index contributed by atoms with van der Waals surface area (Å²) in [7, 11) is 0. The third-order valence-corrected chi connectivity index (χ3v) is 9.38. The fourth-order valence-electron chi connectivity index (χ4n) is 6.50. The van der Waals surface area contributed by atoms with E-state index in [-0.39, 0.29) is 42.6 Å². The summed E-state index contributed by atoms with van der Waals surface area (Å²) in [5.74, 6) is -1.87. The Balaban J connectivity index is 1.13. The third-order valence-electron chi connectivity index (χ3n) is 9.38. The number of hydrogen-bond donors (Lipinski definition) is 1. The number of carboxylic acid groups (broad SMARTS) is 1. The molecule has 1 amide bonds. The van der Waals surface area contributed by atoms with Crippen LogP contribution in [0.3, 0.4) is 0 Å². The first-order chi connectivity index (χ1) is 25.4. The third kappa shape index (κ3) is 9.21. The highest BCUT2D eigenvalue weighted by molar-refractivity contribution is 5.99. The van der Waals surface area contributed by atoms with Gasteiger partial charge in [0.15, 0.2) is 11.6 Å². The molecule has 1 saturated heterocycles. The van der Waals surface area contributed by atoms with Crippen molar-refractivity contribution >= 4 is 17.7 Å². The predicted molar refractivity (Wildman–Crippen MR) is 203 cm³/mol. The molecule has 6 rings (SSSR count). The van der Waals surface area contributed by atoms with Crippen LogP contribution < -0.4 is 4.74 Å². The van der Waals surface area contributed by atoms with Gasteiger partial charge in [0.1, 0.15) is 17.2 Å². The van der Waals surface area contributed by atoms with Crippen molar-refractivity contribution in [2.24, 2.45) is 11.8 Å². The summed E-state index contributed by atoms with van der Waals surface area (Å²) >= 11 is 0. The molecule has 0 saturated carbocycles. The first kappa shape index (κ1) is 37.1. The maximum atomic E-state index is 15.3. The number of carbonyl (C=O) groups is 3. The first-order valence-electron chi connectivity index (χ1n) is 18.0. The van der Waals surface area contributed by atoms with Gasteiger partial charge in [-0.1, -0.05) is 74.0 Å². The number of benzene rings is 4.